The molecule has 23 rings (SSSR count). The first-order chi connectivity index (χ1) is 57.8. The van der Waals surface area contributed by atoms with Gasteiger partial charge in [-0.2, -0.15) is 0 Å². The van der Waals surface area contributed by atoms with Gasteiger partial charge in [0.2, 0.25) is 6.71 Å². The number of fused-ring (bicyclic) bond motifs is 24. The third-order valence-corrected chi connectivity index (χ3v) is 23.2. The van der Waals surface area contributed by atoms with Crippen LogP contribution in [-0.4, -0.2) is 20.4 Å². The summed E-state index contributed by atoms with van der Waals surface area (Å²) in [6, 6.07) is 81.9. The van der Waals surface area contributed by atoms with E-state index in [0.29, 0.717) is 22.0 Å². The molecule has 5 heterocycles. The van der Waals surface area contributed by atoms with Crippen LogP contribution in [0.2, 0.25) is 0 Å². The molecule has 0 amide bonds. The smallest absolute Gasteiger partial charge is 0.249 e. The van der Waals surface area contributed by atoms with Gasteiger partial charge in [-0.05, 0) is 163 Å². The lowest BCUT2D eigenvalue weighted by atomic mass is 9.34. The van der Waals surface area contributed by atoms with Crippen molar-refractivity contribution in [2.24, 2.45) is 0 Å². The van der Waals surface area contributed by atoms with Crippen LogP contribution in [0.25, 0.3) is 138 Å². The predicted molar refractivity (Wildman–Crippen MR) is 432 cm³/mol. The van der Waals surface area contributed by atoms with Crippen molar-refractivity contribution in [3.8, 4) is 72.7 Å². The first-order valence-corrected chi connectivity index (χ1v) is 35.3. The molecule has 19 aromatic rings. The Morgan fingerprint density at radius 3 is 1.35 bits per heavy atom. The van der Waals surface area contributed by atoms with Crippen molar-refractivity contribution in [2.45, 2.75) is 15.2 Å². The second kappa shape index (κ2) is 21.6. The van der Waals surface area contributed by atoms with E-state index in [1.54, 1.807) is 16.3 Å². The molecule has 3 aromatic heterocycles. The number of hydrogen-bond donors (Lipinski definition) is 0. The molecule has 0 radical (unpaired) electrons. The zero-order valence-electron chi connectivity index (χ0n) is 70.6. The van der Waals surface area contributed by atoms with Crippen LogP contribution in [-0.2, 0) is 5.41 Å². The lowest BCUT2D eigenvalue weighted by Crippen LogP contribution is -2.60. The molecule has 2 aliphatic carbocycles. The fourth-order valence-corrected chi connectivity index (χ4v) is 19.3. The second-order valence-corrected chi connectivity index (χ2v) is 28.0. The standard InChI is InChI=1S/C97H59BN4S/c1-4-25-60(26-5-1)67-38-24-39-68(61-27-6-2-7-28-61)95(67)102-90-57-65(100-84-43-20-13-34-72(84)73-35-14-21-44-85(73)100)49-51-82(90)98-83-52-54-89-93(96(83)103-92-59-66(58-91(102)94(92)98)101-86-45-22-15-36-74(86)75-37-16-23-46-87(75)101)77-56-63(48-53-88(77)99(89)64-29-8-3-9-30-64)62-47-50-81-76(55-62)71-33-12-19-42-80(71)97(81)78-40-17-10-31-69(78)70-32-11-18-41-79(70)97/h1-59H/i13D,14D,15D,16D,20D,21D,22D,23D,34D,35D,36D,37D,43D,44D,45D,46D. The van der Waals surface area contributed by atoms with Gasteiger partial charge in [0.15, 0.2) is 0 Å². The van der Waals surface area contributed by atoms with Gasteiger partial charge in [0.25, 0.3) is 0 Å². The summed E-state index contributed by atoms with van der Waals surface area (Å²) in [5.74, 6) is 0. The van der Waals surface area contributed by atoms with Crippen molar-refractivity contribution in [3.63, 3.8) is 0 Å². The molecule has 0 saturated heterocycles. The molecule has 0 atom stereocenters. The van der Waals surface area contributed by atoms with Gasteiger partial charge in [-0.1, -0.05) is 290 Å². The lowest BCUT2D eigenvalue weighted by molar-refractivity contribution is 0.794. The minimum absolute atomic E-state index is 0.0737. The Labute approximate surface area is 622 Å². The maximum absolute atomic E-state index is 9.99. The van der Waals surface area contributed by atoms with Crippen molar-refractivity contribution in [1.82, 2.24) is 13.7 Å². The molecule has 0 saturated carbocycles. The summed E-state index contributed by atoms with van der Waals surface area (Å²) < 4.78 is 157. The predicted octanol–water partition coefficient (Wildman–Crippen LogP) is 23.1. The Balaban J connectivity index is 0.860. The van der Waals surface area contributed by atoms with Crippen molar-refractivity contribution in [1.29, 1.82) is 0 Å². The molecule has 103 heavy (non-hydrogen) atoms. The van der Waals surface area contributed by atoms with Gasteiger partial charge in [0, 0.05) is 81.7 Å². The van der Waals surface area contributed by atoms with Crippen LogP contribution in [0.3, 0.4) is 0 Å². The molecule has 476 valence electrons. The number of hydrogen-bond acceptors (Lipinski definition) is 2. The Morgan fingerprint density at radius 1 is 0.301 bits per heavy atom. The number of nitrogens with zero attached hydrogens (tertiary/aromatic N) is 4. The summed E-state index contributed by atoms with van der Waals surface area (Å²) in [6.07, 6.45) is 0. The Hall–Kier alpha value is -12.9. The van der Waals surface area contributed by atoms with Crippen LogP contribution in [0.1, 0.15) is 44.2 Å². The molecule has 0 bridgehead atoms. The summed E-state index contributed by atoms with van der Waals surface area (Å²) in [5, 5.41) is 1.49. The van der Waals surface area contributed by atoms with E-state index in [2.05, 4.69) is 143 Å². The first kappa shape index (κ1) is 43.6. The van der Waals surface area contributed by atoms with Crippen molar-refractivity contribution in [3.05, 3.63) is 380 Å². The van der Waals surface area contributed by atoms with Crippen LogP contribution in [0.4, 0.5) is 17.1 Å². The van der Waals surface area contributed by atoms with E-state index in [-0.39, 0.29) is 55.0 Å². The Bertz CT molecular complexity index is 7620. The molecule has 4 nitrogen and oxygen atoms in total. The number of anilines is 3. The average Bonchev–Trinajstić information content (AvgIpc) is 1.59. The van der Waals surface area contributed by atoms with Crippen LogP contribution in [0, 0.1) is 0 Å². The highest BCUT2D eigenvalue weighted by molar-refractivity contribution is 8.00. The summed E-state index contributed by atoms with van der Waals surface area (Å²) >= 11 is 1.55. The van der Waals surface area contributed by atoms with Gasteiger partial charge in [-0.15, -0.1) is 0 Å². The third-order valence-electron chi connectivity index (χ3n) is 22.0. The van der Waals surface area contributed by atoms with Gasteiger partial charge in [0.05, 0.1) is 66.1 Å². The van der Waals surface area contributed by atoms with Gasteiger partial charge in [-0.25, -0.2) is 0 Å². The molecule has 0 fully saturated rings. The Morgan fingerprint density at radius 2 is 0.757 bits per heavy atom. The number of aromatic nitrogens is 3. The van der Waals surface area contributed by atoms with Crippen LogP contribution >= 0.6 is 11.8 Å². The van der Waals surface area contributed by atoms with Crippen LogP contribution < -0.4 is 21.3 Å². The minimum Gasteiger partial charge on any atom is -0.310 e. The van der Waals surface area contributed by atoms with E-state index < -0.39 is 109 Å². The number of para-hydroxylation sites is 6. The molecule has 0 unspecified atom stereocenters. The highest BCUT2D eigenvalue weighted by Gasteiger charge is 2.52. The largest absolute Gasteiger partial charge is 0.310 e. The van der Waals surface area contributed by atoms with Crippen molar-refractivity contribution in [2.75, 3.05) is 4.90 Å². The highest BCUT2D eigenvalue weighted by Crippen LogP contribution is 2.63. The van der Waals surface area contributed by atoms with Crippen LogP contribution in [0.15, 0.2) is 367 Å². The summed E-state index contributed by atoms with van der Waals surface area (Å²) in [4.78, 5) is 3.74. The van der Waals surface area contributed by atoms with E-state index in [0.717, 1.165) is 93.3 Å². The molecule has 1 spiro atoms. The lowest BCUT2D eigenvalue weighted by Gasteiger charge is -2.42. The van der Waals surface area contributed by atoms with Gasteiger partial charge in [-0.3, -0.25) is 0 Å². The Kier molecular flexibility index (Phi) is 9.14. The molecular formula is C97H59BN4S. The fourth-order valence-electron chi connectivity index (χ4n) is 17.9. The summed E-state index contributed by atoms with van der Waals surface area (Å²) in [7, 11) is 0. The molecule has 4 aliphatic rings. The fraction of sp³-hybridized carbons (Fsp3) is 0.0103. The molecule has 2 aliphatic heterocycles. The quantitative estimate of drug-likeness (QED) is 0.148. The van der Waals surface area contributed by atoms with E-state index in [1.165, 1.54) is 37.9 Å². The van der Waals surface area contributed by atoms with Gasteiger partial charge >= 0.3 is 0 Å². The van der Waals surface area contributed by atoms with E-state index in [4.69, 9.17) is 5.48 Å². The first-order valence-electron chi connectivity index (χ1n) is 42.4. The maximum atomic E-state index is 9.99. The monoisotopic (exact) mass is 1340 g/mol. The minimum atomic E-state index is -0.701. The molecule has 16 aromatic carbocycles. The topological polar surface area (TPSA) is 18.0 Å². The van der Waals surface area contributed by atoms with Crippen molar-refractivity contribution >= 4 is 117 Å². The summed E-state index contributed by atoms with van der Waals surface area (Å²) in [5.41, 5.74) is 21.5. The molecule has 0 N–H and O–H groups in total. The van der Waals surface area contributed by atoms with Gasteiger partial charge < -0.3 is 18.6 Å². The average molecular weight is 1340 g/mol. The van der Waals surface area contributed by atoms with Crippen LogP contribution in [0.5, 0.6) is 0 Å². The van der Waals surface area contributed by atoms with Gasteiger partial charge in [0.1, 0.15) is 0 Å². The maximum Gasteiger partial charge on any atom is 0.249 e. The third kappa shape index (κ3) is 7.82. The van der Waals surface area contributed by atoms with E-state index >= 15 is 0 Å². The normalized spacial score (nSPS) is 15.6. The zero-order chi connectivity index (χ0) is 81.1. The van der Waals surface area contributed by atoms with E-state index in [1.807, 2.05) is 127 Å². The summed E-state index contributed by atoms with van der Waals surface area (Å²) in [6.45, 7) is -0.701. The van der Waals surface area contributed by atoms with E-state index in [9.17, 15) is 16.4 Å². The highest BCUT2D eigenvalue weighted by atomic mass is 32.2. The number of rotatable bonds is 7. The molecule has 6 heteroatoms. The van der Waals surface area contributed by atoms with Crippen molar-refractivity contribution < 1.29 is 21.9 Å². The zero-order valence-corrected chi connectivity index (χ0v) is 55.4. The molecular weight excluding hydrogens is 1260 g/mol. The SMILES string of the molecule is [2H]c1c([2H])c([2H])c2c(c1[2H])c1c([2H])c([2H])c([2H])c([2H])c1n2-c1ccc2c(c1)N(c1c(-c3ccccc3)cccc1-c1ccccc1)c1cc(-n3c4c([2H])c([2H])c([2H])c([2H])c4c4c([2H])c([2H])c([2H])c([2H])c43)cc3c1B2c1ccc2c(c1S3)c1cc(-c3ccc4c(c3)-c3ccccc3C43c4ccccc4-c4ccccc43)ccc1n2-c1ccccc1. The second-order valence-electron chi connectivity index (χ2n) is 26.9. The number of benzene rings is 16.